The molecule has 0 bridgehead atoms. The zero-order valence-electron chi connectivity index (χ0n) is 9.60. The summed E-state index contributed by atoms with van der Waals surface area (Å²) in [7, 11) is 3.73. The second-order valence-corrected chi connectivity index (χ2v) is 4.98. The summed E-state index contributed by atoms with van der Waals surface area (Å²) in [6.07, 6.45) is 1.40. The second-order valence-electron chi connectivity index (χ2n) is 4.20. The van der Waals surface area contributed by atoms with E-state index in [1.165, 1.54) is 6.20 Å². The van der Waals surface area contributed by atoms with Gasteiger partial charge < -0.3 is 15.3 Å². The first kappa shape index (κ1) is 13.0. The average molecular weight is 244 g/mol. The van der Waals surface area contributed by atoms with Crippen LogP contribution in [-0.4, -0.2) is 58.3 Å². The van der Waals surface area contributed by atoms with Crippen LogP contribution in [0.4, 0.5) is 0 Å². The SMILES string of the molecule is CN(C)CC(C)(O)CNC(=O)c1cnns1. The summed E-state index contributed by atoms with van der Waals surface area (Å²) in [5.41, 5.74) is -0.947. The van der Waals surface area contributed by atoms with E-state index in [9.17, 15) is 9.90 Å². The van der Waals surface area contributed by atoms with E-state index < -0.39 is 5.60 Å². The zero-order chi connectivity index (χ0) is 12.2. The van der Waals surface area contributed by atoms with Gasteiger partial charge in [0.05, 0.1) is 11.8 Å². The van der Waals surface area contributed by atoms with Gasteiger partial charge in [-0.3, -0.25) is 4.79 Å². The number of nitrogens with zero attached hydrogens (tertiary/aromatic N) is 3. The number of aliphatic hydroxyl groups is 1. The van der Waals surface area contributed by atoms with Gasteiger partial charge in [0.2, 0.25) is 0 Å². The Morgan fingerprint density at radius 2 is 2.38 bits per heavy atom. The van der Waals surface area contributed by atoms with Crippen molar-refractivity contribution in [3.05, 3.63) is 11.1 Å². The normalized spacial score (nSPS) is 14.8. The van der Waals surface area contributed by atoms with Crippen molar-refractivity contribution in [2.75, 3.05) is 27.2 Å². The maximum absolute atomic E-state index is 11.5. The Morgan fingerprint density at radius 1 is 1.69 bits per heavy atom. The second kappa shape index (κ2) is 5.33. The number of carbonyl (C=O) groups is 1. The fraction of sp³-hybridized carbons (Fsp3) is 0.667. The molecule has 0 fully saturated rings. The van der Waals surface area contributed by atoms with Crippen LogP contribution in [0.15, 0.2) is 6.20 Å². The standard InChI is InChI=1S/C9H16N4O2S/c1-9(15,6-13(2)3)5-10-8(14)7-4-11-12-16-7/h4,15H,5-6H2,1-3H3,(H,10,14). The van der Waals surface area contributed by atoms with Gasteiger partial charge in [-0.1, -0.05) is 4.49 Å². The molecule has 1 unspecified atom stereocenters. The van der Waals surface area contributed by atoms with Crippen molar-refractivity contribution in [2.45, 2.75) is 12.5 Å². The number of hydrogen-bond donors (Lipinski definition) is 2. The Bertz CT molecular complexity index is 337. The van der Waals surface area contributed by atoms with Gasteiger partial charge >= 0.3 is 0 Å². The molecule has 90 valence electrons. The van der Waals surface area contributed by atoms with Crippen molar-refractivity contribution < 1.29 is 9.90 Å². The quantitative estimate of drug-likeness (QED) is 0.735. The minimum absolute atomic E-state index is 0.196. The Kier molecular flexibility index (Phi) is 4.34. The molecule has 1 amide bonds. The Labute approximate surface area is 98.4 Å². The number of likely N-dealkylation sites (N-methyl/N-ethyl adjacent to an activating group) is 1. The third-order valence-corrected chi connectivity index (χ3v) is 2.54. The van der Waals surface area contributed by atoms with Crippen LogP contribution in [0.25, 0.3) is 0 Å². The van der Waals surface area contributed by atoms with Gasteiger partial charge in [-0.25, -0.2) is 0 Å². The van der Waals surface area contributed by atoms with Crippen LogP contribution in [0.3, 0.4) is 0 Å². The summed E-state index contributed by atoms with van der Waals surface area (Å²) in [5.74, 6) is -0.256. The van der Waals surface area contributed by atoms with Crippen molar-refractivity contribution in [1.82, 2.24) is 19.8 Å². The maximum atomic E-state index is 11.5. The van der Waals surface area contributed by atoms with Crippen molar-refractivity contribution in [3.63, 3.8) is 0 Å². The van der Waals surface area contributed by atoms with Gasteiger partial charge in [-0.2, -0.15) is 0 Å². The lowest BCUT2D eigenvalue weighted by Gasteiger charge is -2.26. The predicted octanol–water partition coefficient (Wildman–Crippen LogP) is -0.420. The van der Waals surface area contributed by atoms with Crippen molar-refractivity contribution >= 4 is 17.4 Å². The fourth-order valence-corrected chi connectivity index (χ4v) is 1.79. The molecule has 16 heavy (non-hydrogen) atoms. The highest BCUT2D eigenvalue weighted by molar-refractivity contribution is 7.07. The Balaban J connectivity index is 2.42. The molecule has 2 N–H and O–H groups in total. The number of carbonyl (C=O) groups excluding carboxylic acids is 1. The van der Waals surface area contributed by atoms with E-state index in [-0.39, 0.29) is 12.5 Å². The molecule has 0 aliphatic carbocycles. The molecule has 1 rings (SSSR count). The molecule has 0 radical (unpaired) electrons. The van der Waals surface area contributed by atoms with Crippen molar-refractivity contribution in [2.24, 2.45) is 0 Å². The van der Waals surface area contributed by atoms with E-state index in [1.807, 2.05) is 19.0 Å². The van der Waals surface area contributed by atoms with Gasteiger partial charge in [-0.05, 0) is 32.6 Å². The van der Waals surface area contributed by atoms with Crippen LogP contribution in [-0.2, 0) is 0 Å². The third-order valence-electron chi connectivity index (χ3n) is 1.87. The Morgan fingerprint density at radius 3 is 2.88 bits per heavy atom. The smallest absolute Gasteiger partial charge is 0.264 e. The van der Waals surface area contributed by atoms with Crippen LogP contribution in [0.1, 0.15) is 16.6 Å². The van der Waals surface area contributed by atoms with Gasteiger partial charge in [0, 0.05) is 13.1 Å². The fourth-order valence-electron chi connectivity index (χ4n) is 1.36. The van der Waals surface area contributed by atoms with Gasteiger partial charge in [0.25, 0.3) is 5.91 Å². The molecule has 6 nitrogen and oxygen atoms in total. The molecule has 1 aromatic heterocycles. The molecule has 1 heterocycles. The lowest BCUT2D eigenvalue weighted by Crippen LogP contribution is -2.47. The zero-order valence-corrected chi connectivity index (χ0v) is 10.4. The Hall–Kier alpha value is -1.05. The summed E-state index contributed by atoms with van der Waals surface area (Å²) < 4.78 is 3.60. The summed E-state index contributed by atoms with van der Waals surface area (Å²) in [6.45, 7) is 2.36. The van der Waals surface area contributed by atoms with E-state index in [0.717, 1.165) is 11.5 Å². The first-order chi connectivity index (χ1) is 7.41. The van der Waals surface area contributed by atoms with Gasteiger partial charge in [-0.15, -0.1) is 5.10 Å². The van der Waals surface area contributed by atoms with E-state index in [2.05, 4.69) is 14.9 Å². The number of hydrogen-bond acceptors (Lipinski definition) is 6. The highest BCUT2D eigenvalue weighted by Gasteiger charge is 2.22. The van der Waals surface area contributed by atoms with Crippen LogP contribution in [0.2, 0.25) is 0 Å². The van der Waals surface area contributed by atoms with E-state index >= 15 is 0 Å². The van der Waals surface area contributed by atoms with E-state index in [0.29, 0.717) is 11.4 Å². The number of nitrogens with one attached hydrogen (secondary N) is 1. The average Bonchev–Trinajstić information content (AvgIpc) is 2.64. The molecule has 7 heteroatoms. The van der Waals surface area contributed by atoms with Crippen molar-refractivity contribution in [3.8, 4) is 0 Å². The molecular formula is C9H16N4O2S. The molecule has 0 aliphatic rings. The van der Waals surface area contributed by atoms with Crippen LogP contribution in [0, 0.1) is 0 Å². The van der Waals surface area contributed by atoms with Crippen LogP contribution < -0.4 is 5.32 Å². The molecule has 0 aliphatic heterocycles. The summed E-state index contributed by atoms with van der Waals surface area (Å²) >= 11 is 1.03. The van der Waals surface area contributed by atoms with Gasteiger partial charge in [0.15, 0.2) is 0 Å². The lowest BCUT2D eigenvalue weighted by molar-refractivity contribution is 0.0326. The van der Waals surface area contributed by atoms with Gasteiger partial charge in [0.1, 0.15) is 4.88 Å². The molecule has 1 atom stereocenters. The number of amides is 1. The number of rotatable bonds is 5. The summed E-state index contributed by atoms with van der Waals surface area (Å²) in [4.78, 5) is 13.8. The first-order valence-corrected chi connectivity index (χ1v) is 5.61. The number of aromatic nitrogens is 2. The largest absolute Gasteiger partial charge is 0.387 e. The molecule has 0 spiro atoms. The van der Waals surface area contributed by atoms with Crippen LogP contribution >= 0.6 is 11.5 Å². The predicted molar refractivity (Wildman–Crippen MR) is 61.4 cm³/mol. The summed E-state index contributed by atoms with van der Waals surface area (Å²) in [6, 6.07) is 0. The molecule has 1 aromatic rings. The highest BCUT2D eigenvalue weighted by atomic mass is 32.1. The summed E-state index contributed by atoms with van der Waals surface area (Å²) in [5, 5.41) is 16.2. The van der Waals surface area contributed by atoms with Crippen molar-refractivity contribution in [1.29, 1.82) is 0 Å². The first-order valence-electron chi connectivity index (χ1n) is 4.83. The monoisotopic (exact) mass is 244 g/mol. The molecule has 0 saturated heterocycles. The van der Waals surface area contributed by atoms with E-state index in [1.54, 1.807) is 6.92 Å². The molecule has 0 saturated carbocycles. The lowest BCUT2D eigenvalue weighted by atomic mass is 10.1. The maximum Gasteiger partial charge on any atom is 0.264 e. The minimum Gasteiger partial charge on any atom is -0.387 e. The van der Waals surface area contributed by atoms with Crippen LogP contribution in [0.5, 0.6) is 0 Å². The minimum atomic E-state index is -0.947. The van der Waals surface area contributed by atoms with E-state index in [4.69, 9.17) is 0 Å². The topological polar surface area (TPSA) is 78.4 Å². The molecular weight excluding hydrogens is 228 g/mol. The highest BCUT2D eigenvalue weighted by Crippen LogP contribution is 2.05. The third kappa shape index (κ3) is 4.21. The molecule has 0 aromatic carbocycles.